The Labute approximate surface area is 62.9 Å². The lowest BCUT2D eigenvalue weighted by atomic mass is 10.5. The first kappa shape index (κ1) is 6.77. The summed E-state index contributed by atoms with van der Waals surface area (Å²) in [7, 11) is 0. The summed E-state index contributed by atoms with van der Waals surface area (Å²) in [5.74, 6) is 0. The fourth-order valence-corrected chi connectivity index (χ4v) is 1.35. The van der Waals surface area contributed by atoms with Gasteiger partial charge in [-0.2, -0.15) is 0 Å². The van der Waals surface area contributed by atoms with Gasteiger partial charge in [-0.05, 0) is 6.92 Å². The molecule has 0 N–H and O–H groups in total. The molecule has 4 heteroatoms. The van der Waals surface area contributed by atoms with Crippen molar-refractivity contribution in [3.63, 3.8) is 0 Å². The van der Waals surface area contributed by atoms with Crippen molar-refractivity contribution in [3.05, 3.63) is 10.0 Å². The molecule has 0 unspecified atom stereocenters. The van der Waals surface area contributed by atoms with E-state index in [-0.39, 0.29) is 0 Å². The van der Waals surface area contributed by atoms with E-state index in [0.717, 1.165) is 10.0 Å². The Morgan fingerprint density at radius 1 is 1.67 bits per heavy atom. The summed E-state index contributed by atoms with van der Waals surface area (Å²) in [6, 6.07) is 0. The minimum Gasteiger partial charge on any atom is -0.144 e. The summed E-state index contributed by atoms with van der Waals surface area (Å²) in [5, 5.41) is 12.2. The summed E-state index contributed by atoms with van der Waals surface area (Å²) in [5.41, 5.74) is 0. The van der Waals surface area contributed by atoms with Crippen LogP contribution in [0, 0.1) is 6.92 Å². The largest absolute Gasteiger partial charge is 0.144 e. The molecule has 9 heavy (non-hydrogen) atoms. The van der Waals surface area contributed by atoms with E-state index in [1.807, 2.05) is 6.92 Å². The molecule has 0 fully saturated rings. The van der Waals surface area contributed by atoms with E-state index in [1.165, 1.54) is 0 Å². The molecule has 0 spiro atoms. The van der Waals surface area contributed by atoms with Crippen molar-refractivity contribution in [2.45, 2.75) is 13.3 Å². The molecule has 0 bridgehead atoms. The van der Waals surface area contributed by atoms with Crippen LogP contribution in [0.25, 0.3) is 0 Å². The third-order valence-corrected chi connectivity index (χ3v) is 1.77. The minimum absolute atomic E-state index is 0.640. The predicted molar refractivity (Wildman–Crippen MR) is 40.9 cm³/mol. The monoisotopic (exact) mass is 157 g/mol. The molecule has 1 aromatic heterocycles. The number of hydrogen-bond donors (Lipinski definition) is 0. The van der Waals surface area contributed by atoms with Gasteiger partial charge in [-0.25, -0.2) is 0 Å². The van der Waals surface area contributed by atoms with Gasteiger partial charge < -0.3 is 0 Å². The van der Waals surface area contributed by atoms with E-state index >= 15 is 0 Å². The van der Waals surface area contributed by atoms with Gasteiger partial charge in [-0.3, -0.25) is 0 Å². The quantitative estimate of drug-likeness (QED) is 0.604. The van der Waals surface area contributed by atoms with E-state index in [0.29, 0.717) is 6.42 Å². The third kappa shape index (κ3) is 1.80. The highest BCUT2D eigenvalue weighted by molar-refractivity contribution is 7.79. The second kappa shape index (κ2) is 2.98. The first-order valence-electron chi connectivity index (χ1n) is 2.47. The topological polar surface area (TPSA) is 25.8 Å². The predicted octanol–water partition coefficient (Wildman–Crippen LogP) is 1.27. The van der Waals surface area contributed by atoms with Crippen LogP contribution in [0.1, 0.15) is 10.0 Å². The minimum atomic E-state index is 0.640. The van der Waals surface area contributed by atoms with Crippen molar-refractivity contribution in [2.75, 3.05) is 0 Å². The fourth-order valence-electron chi connectivity index (χ4n) is 0.471. The van der Waals surface area contributed by atoms with Gasteiger partial charge in [0.25, 0.3) is 0 Å². The van der Waals surface area contributed by atoms with Crippen molar-refractivity contribution in [1.29, 1.82) is 0 Å². The van der Waals surface area contributed by atoms with Crippen LogP contribution < -0.4 is 0 Å². The molecular weight excluding hydrogens is 152 g/mol. The first-order valence-corrected chi connectivity index (χ1v) is 3.69. The molecule has 0 saturated heterocycles. The van der Waals surface area contributed by atoms with E-state index in [2.05, 4.69) is 27.8 Å². The highest BCUT2D eigenvalue weighted by Gasteiger charge is 1.95. The standard InChI is InChI=1S/C5H5N2S2/c1-4-6-7-5(9-4)2-3-8/h2H2,1H3. The molecule has 1 rings (SSSR count). The summed E-state index contributed by atoms with van der Waals surface area (Å²) in [6.07, 6.45) is 0.640. The SMILES string of the molecule is Cc1nnc(C[C]=S)s1. The number of rotatable bonds is 2. The van der Waals surface area contributed by atoms with Crippen LogP contribution in [-0.2, 0) is 6.42 Å². The summed E-state index contributed by atoms with van der Waals surface area (Å²) < 4.78 is 0. The van der Waals surface area contributed by atoms with E-state index in [9.17, 15) is 0 Å². The molecule has 1 radical (unpaired) electrons. The smallest absolute Gasteiger partial charge is 0.122 e. The maximum absolute atomic E-state index is 4.53. The van der Waals surface area contributed by atoms with Crippen LogP contribution in [0.2, 0.25) is 0 Å². The van der Waals surface area contributed by atoms with Gasteiger partial charge in [0.15, 0.2) is 0 Å². The van der Waals surface area contributed by atoms with Crippen molar-refractivity contribution < 1.29 is 0 Å². The Morgan fingerprint density at radius 3 is 2.89 bits per heavy atom. The molecular formula is C5H5N2S2. The summed E-state index contributed by atoms with van der Waals surface area (Å²) in [6.45, 7) is 1.92. The van der Waals surface area contributed by atoms with Gasteiger partial charge in [0.1, 0.15) is 10.0 Å². The van der Waals surface area contributed by atoms with Crippen molar-refractivity contribution in [2.24, 2.45) is 0 Å². The van der Waals surface area contributed by atoms with E-state index in [1.54, 1.807) is 11.3 Å². The van der Waals surface area contributed by atoms with Gasteiger partial charge in [-0.15, -0.1) is 21.5 Å². The Balaban J connectivity index is 2.72. The van der Waals surface area contributed by atoms with Gasteiger partial charge in [-0.1, -0.05) is 12.2 Å². The molecule has 0 aliphatic rings. The van der Waals surface area contributed by atoms with Gasteiger partial charge in [0.05, 0.1) is 0 Å². The number of thiocarbonyl (C=S) groups is 1. The molecule has 2 nitrogen and oxygen atoms in total. The van der Waals surface area contributed by atoms with Crippen LogP contribution in [0.15, 0.2) is 0 Å². The lowest BCUT2D eigenvalue weighted by Gasteiger charge is -1.76. The van der Waals surface area contributed by atoms with Gasteiger partial charge >= 0.3 is 0 Å². The molecule has 0 atom stereocenters. The highest BCUT2D eigenvalue weighted by atomic mass is 32.1. The molecule has 1 heterocycles. The number of nitrogens with zero attached hydrogens (tertiary/aromatic N) is 2. The van der Waals surface area contributed by atoms with Crippen LogP contribution in [0.3, 0.4) is 0 Å². The van der Waals surface area contributed by atoms with Crippen LogP contribution in [0.4, 0.5) is 0 Å². The molecule has 47 valence electrons. The van der Waals surface area contributed by atoms with Crippen molar-refractivity contribution in [1.82, 2.24) is 10.2 Å². The summed E-state index contributed by atoms with van der Waals surface area (Å²) in [4.78, 5) is 0. The van der Waals surface area contributed by atoms with E-state index in [4.69, 9.17) is 0 Å². The Hall–Kier alpha value is -0.350. The molecule has 0 saturated carbocycles. The lowest BCUT2D eigenvalue weighted by molar-refractivity contribution is 1.01. The van der Waals surface area contributed by atoms with Gasteiger partial charge in [0, 0.05) is 11.8 Å². The van der Waals surface area contributed by atoms with Crippen LogP contribution >= 0.6 is 23.6 Å². The molecule has 0 aromatic carbocycles. The summed E-state index contributed by atoms with van der Waals surface area (Å²) >= 11 is 6.09. The second-order valence-corrected chi connectivity index (χ2v) is 3.09. The molecule has 1 aromatic rings. The Morgan fingerprint density at radius 2 is 2.44 bits per heavy atom. The average Bonchev–Trinajstić information content (AvgIpc) is 2.17. The number of hydrogen-bond acceptors (Lipinski definition) is 4. The maximum Gasteiger partial charge on any atom is 0.122 e. The molecule has 0 amide bonds. The number of aromatic nitrogens is 2. The zero-order valence-corrected chi connectivity index (χ0v) is 6.55. The normalized spacial score (nSPS) is 9.44. The zero-order valence-electron chi connectivity index (χ0n) is 4.92. The molecule has 0 aliphatic heterocycles. The number of aryl methyl sites for hydroxylation is 1. The fraction of sp³-hybridized carbons (Fsp3) is 0.400. The zero-order chi connectivity index (χ0) is 6.69. The third-order valence-electron chi connectivity index (χ3n) is 0.791. The van der Waals surface area contributed by atoms with Crippen molar-refractivity contribution in [3.8, 4) is 0 Å². The van der Waals surface area contributed by atoms with Crippen LogP contribution in [-0.4, -0.2) is 15.6 Å². The van der Waals surface area contributed by atoms with Gasteiger partial charge in [0.2, 0.25) is 0 Å². The van der Waals surface area contributed by atoms with Crippen LogP contribution in [0.5, 0.6) is 0 Å². The maximum atomic E-state index is 4.53. The average molecular weight is 157 g/mol. The lowest BCUT2D eigenvalue weighted by Crippen LogP contribution is -1.80. The van der Waals surface area contributed by atoms with Crippen molar-refractivity contribution >= 4 is 28.9 Å². The Kier molecular flexibility index (Phi) is 2.24. The first-order chi connectivity index (χ1) is 4.33. The Bertz CT molecular complexity index is 206. The van der Waals surface area contributed by atoms with E-state index < -0.39 is 0 Å². The highest BCUT2D eigenvalue weighted by Crippen LogP contribution is 2.06. The molecule has 0 aliphatic carbocycles. The second-order valence-electron chi connectivity index (χ2n) is 1.54.